The van der Waals surface area contributed by atoms with Crippen LogP contribution in [0.1, 0.15) is 20.7 Å². The van der Waals surface area contributed by atoms with Crippen LogP contribution in [-0.2, 0) is 9.47 Å². The second kappa shape index (κ2) is 8.52. The van der Waals surface area contributed by atoms with Crippen molar-refractivity contribution in [2.24, 2.45) is 0 Å². The van der Waals surface area contributed by atoms with Crippen LogP contribution in [0.3, 0.4) is 0 Å². The molecule has 32 heavy (non-hydrogen) atoms. The Kier molecular flexibility index (Phi) is 5.26. The summed E-state index contributed by atoms with van der Waals surface area (Å²) in [6, 6.07) is 30.8. The van der Waals surface area contributed by atoms with Crippen LogP contribution in [0.4, 0.5) is 0 Å². The summed E-state index contributed by atoms with van der Waals surface area (Å²) in [5.74, 6) is -0.873. The SMILES string of the molecule is O=C(OCCOC(=O)c1c2ccccc2cc2ccccc12)c1ccc2ccccc2c1. The molecule has 5 aromatic rings. The molecule has 0 N–H and O–H groups in total. The fraction of sp³-hybridized carbons (Fsp3) is 0.0714. The predicted octanol–water partition coefficient (Wildman–Crippen LogP) is 6.16. The van der Waals surface area contributed by atoms with Crippen LogP contribution >= 0.6 is 0 Å². The number of benzene rings is 5. The van der Waals surface area contributed by atoms with E-state index < -0.39 is 11.9 Å². The van der Waals surface area contributed by atoms with Crippen molar-refractivity contribution in [2.45, 2.75) is 0 Å². The third-order valence-electron chi connectivity index (χ3n) is 5.51. The topological polar surface area (TPSA) is 52.6 Å². The largest absolute Gasteiger partial charge is 0.458 e. The number of fused-ring (bicyclic) bond motifs is 3. The van der Waals surface area contributed by atoms with Gasteiger partial charge in [-0.1, -0.05) is 78.9 Å². The minimum atomic E-state index is -0.442. The lowest BCUT2D eigenvalue weighted by molar-refractivity contribution is 0.0268. The molecular weight excluding hydrogens is 400 g/mol. The summed E-state index contributed by atoms with van der Waals surface area (Å²) < 4.78 is 10.8. The highest BCUT2D eigenvalue weighted by molar-refractivity contribution is 6.16. The molecule has 0 fully saturated rings. The Morgan fingerprint density at radius 1 is 0.531 bits per heavy atom. The van der Waals surface area contributed by atoms with Gasteiger partial charge in [-0.15, -0.1) is 0 Å². The molecule has 0 radical (unpaired) electrons. The van der Waals surface area contributed by atoms with Crippen molar-refractivity contribution >= 4 is 44.3 Å². The van der Waals surface area contributed by atoms with Crippen LogP contribution < -0.4 is 0 Å². The molecule has 0 aliphatic heterocycles. The van der Waals surface area contributed by atoms with E-state index in [1.165, 1.54) is 0 Å². The molecule has 0 bridgehead atoms. The van der Waals surface area contributed by atoms with E-state index >= 15 is 0 Å². The number of carbonyl (C=O) groups excluding carboxylic acids is 2. The lowest BCUT2D eigenvalue weighted by Gasteiger charge is -2.12. The zero-order valence-electron chi connectivity index (χ0n) is 17.3. The second-order valence-electron chi connectivity index (χ2n) is 7.53. The van der Waals surface area contributed by atoms with Gasteiger partial charge in [-0.2, -0.15) is 0 Å². The number of carbonyl (C=O) groups is 2. The maximum absolute atomic E-state index is 13.0. The Balaban J connectivity index is 1.28. The summed E-state index contributed by atoms with van der Waals surface area (Å²) in [5, 5.41) is 5.65. The monoisotopic (exact) mass is 420 g/mol. The zero-order valence-corrected chi connectivity index (χ0v) is 17.3. The summed E-state index contributed by atoms with van der Waals surface area (Å²) in [5.41, 5.74) is 0.995. The molecule has 5 aromatic carbocycles. The molecule has 0 amide bonds. The van der Waals surface area contributed by atoms with E-state index in [2.05, 4.69) is 6.07 Å². The Morgan fingerprint density at radius 3 is 1.72 bits per heavy atom. The Morgan fingerprint density at radius 2 is 1.06 bits per heavy atom. The van der Waals surface area contributed by atoms with Gasteiger partial charge in [0.1, 0.15) is 13.2 Å². The molecule has 0 spiro atoms. The number of ether oxygens (including phenoxy) is 2. The first-order chi connectivity index (χ1) is 15.7. The maximum atomic E-state index is 13.0. The Hall–Kier alpha value is -4.18. The van der Waals surface area contributed by atoms with Crippen molar-refractivity contribution in [3.63, 3.8) is 0 Å². The highest BCUT2D eigenvalue weighted by atomic mass is 16.6. The molecule has 0 aromatic heterocycles. The summed E-state index contributed by atoms with van der Waals surface area (Å²) in [6.07, 6.45) is 0. The van der Waals surface area contributed by atoms with E-state index in [1.807, 2.05) is 78.9 Å². The fourth-order valence-corrected chi connectivity index (χ4v) is 3.97. The summed E-state index contributed by atoms with van der Waals surface area (Å²) >= 11 is 0. The van der Waals surface area contributed by atoms with Crippen molar-refractivity contribution in [3.05, 3.63) is 108 Å². The molecule has 0 aliphatic rings. The summed E-state index contributed by atoms with van der Waals surface area (Å²) in [7, 11) is 0. The lowest BCUT2D eigenvalue weighted by Crippen LogP contribution is -2.14. The smallest absolute Gasteiger partial charge is 0.339 e. The fourth-order valence-electron chi connectivity index (χ4n) is 3.97. The first kappa shape index (κ1) is 19.8. The average Bonchev–Trinajstić information content (AvgIpc) is 2.84. The molecule has 5 rings (SSSR count). The van der Waals surface area contributed by atoms with Gasteiger partial charge in [-0.3, -0.25) is 0 Å². The van der Waals surface area contributed by atoms with Gasteiger partial charge in [0, 0.05) is 0 Å². The minimum Gasteiger partial charge on any atom is -0.458 e. The van der Waals surface area contributed by atoms with Gasteiger partial charge < -0.3 is 9.47 Å². The van der Waals surface area contributed by atoms with Gasteiger partial charge in [0.25, 0.3) is 0 Å². The van der Waals surface area contributed by atoms with E-state index in [9.17, 15) is 9.59 Å². The molecule has 4 nitrogen and oxygen atoms in total. The molecule has 0 aliphatic carbocycles. The van der Waals surface area contributed by atoms with Crippen molar-refractivity contribution < 1.29 is 19.1 Å². The van der Waals surface area contributed by atoms with Crippen molar-refractivity contribution in [2.75, 3.05) is 13.2 Å². The van der Waals surface area contributed by atoms with Gasteiger partial charge in [0.2, 0.25) is 0 Å². The number of hydrogen-bond acceptors (Lipinski definition) is 4. The van der Waals surface area contributed by atoms with Crippen LogP contribution in [0.25, 0.3) is 32.3 Å². The minimum absolute atomic E-state index is 0.0138. The average molecular weight is 420 g/mol. The van der Waals surface area contributed by atoms with Crippen LogP contribution in [0, 0.1) is 0 Å². The van der Waals surface area contributed by atoms with Crippen LogP contribution in [-0.4, -0.2) is 25.2 Å². The standard InChI is InChI=1S/C28H20O4/c29-27(23-14-13-19-7-1-2-8-20(19)17-23)31-15-16-32-28(30)26-24-11-5-3-9-21(24)18-22-10-4-6-12-25(22)26/h1-14,17-18H,15-16H2. The van der Waals surface area contributed by atoms with Gasteiger partial charge in [-0.05, 0) is 50.5 Å². The van der Waals surface area contributed by atoms with E-state index in [0.29, 0.717) is 11.1 Å². The quantitative estimate of drug-likeness (QED) is 0.194. The summed E-state index contributed by atoms with van der Waals surface area (Å²) in [4.78, 5) is 25.4. The number of rotatable bonds is 5. The molecule has 0 saturated carbocycles. The first-order valence-electron chi connectivity index (χ1n) is 10.4. The molecule has 0 saturated heterocycles. The molecule has 4 heteroatoms. The van der Waals surface area contributed by atoms with E-state index in [0.717, 1.165) is 32.3 Å². The van der Waals surface area contributed by atoms with E-state index in [-0.39, 0.29) is 13.2 Å². The van der Waals surface area contributed by atoms with Gasteiger partial charge >= 0.3 is 11.9 Å². The number of hydrogen-bond donors (Lipinski definition) is 0. The van der Waals surface area contributed by atoms with Gasteiger partial charge in [0.05, 0.1) is 11.1 Å². The highest BCUT2D eigenvalue weighted by Crippen LogP contribution is 2.29. The van der Waals surface area contributed by atoms with Gasteiger partial charge in [0.15, 0.2) is 0 Å². The van der Waals surface area contributed by atoms with Crippen LogP contribution in [0.2, 0.25) is 0 Å². The van der Waals surface area contributed by atoms with Crippen LogP contribution in [0.5, 0.6) is 0 Å². The molecule has 0 heterocycles. The zero-order chi connectivity index (χ0) is 21.9. The molecule has 0 unspecified atom stereocenters. The van der Waals surface area contributed by atoms with Crippen molar-refractivity contribution in [1.82, 2.24) is 0 Å². The van der Waals surface area contributed by atoms with E-state index in [4.69, 9.17) is 9.47 Å². The third-order valence-corrected chi connectivity index (χ3v) is 5.51. The maximum Gasteiger partial charge on any atom is 0.339 e. The summed E-state index contributed by atoms with van der Waals surface area (Å²) in [6.45, 7) is -0.0319. The first-order valence-corrected chi connectivity index (χ1v) is 10.4. The van der Waals surface area contributed by atoms with Gasteiger partial charge in [-0.25, -0.2) is 9.59 Å². The van der Waals surface area contributed by atoms with E-state index in [1.54, 1.807) is 12.1 Å². The number of esters is 2. The Bertz CT molecular complexity index is 1410. The van der Waals surface area contributed by atoms with Crippen LogP contribution in [0.15, 0.2) is 97.1 Å². The Labute approximate surface area is 185 Å². The molecule has 156 valence electrons. The molecule has 0 atom stereocenters. The molecular formula is C28H20O4. The third kappa shape index (κ3) is 3.79. The predicted molar refractivity (Wildman–Crippen MR) is 126 cm³/mol. The second-order valence-corrected chi connectivity index (χ2v) is 7.53. The highest BCUT2D eigenvalue weighted by Gasteiger charge is 2.16. The van der Waals surface area contributed by atoms with Crippen molar-refractivity contribution in [3.8, 4) is 0 Å². The van der Waals surface area contributed by atoms with Crippen molar-refractivity contribution in [1.29, 1.82) is 0 Å². The lowest BCUT2D eigenvalue weighted by atomic mass is 9.97. The normalized spacial score (nSPS) is 11.0.